The molecule has 40 heavy (non-hydrogen) atoms. The summed E-state index contributed by atoms with van der Waals surface area (Å²) in [5.41, 5.74) is 4.19. The van der Waals surface area contributed by atoms with Gasteiger partial charge in [0, 0.05) is 48.0 Å². The second-order valence-corrected chi connectivity index (χ2v) is 9.85. The molecule has 1 saturated carbocycles. The summed E-state index contributed by atoms with van der Waals surface area (Å²) in [6.07, 6.45) is 5.46. The number of aromatic nitrogens is 1. The molecule has 0 bridgehead atoms. The third kappa shape index (κ3) is 5.45. The fourth-order valence-corrected chi connectivity index (χ4v) is 5.35. The number of rotatable bonds is 8. The summed E-state index contributed by atoms with van der Waals surface area (Å²) in [6.45, 7) is 1.51. The Balaban J connectivity index is 1.46. The standard InChI is InChI=1S/C31H33N3O6/c1-18(35)33-23-10-5-6-11-24(23)34-31(36)20-9-7-8-19(14-20)22-12-13-32-25-17-26(40-29(22)25)21-15-27(37-2)30(39-4)28(16-21)38-3/h7-9,12-17,23-24H,5-6,10-11H2,1-4H3,(H,33,35)(H,34,36)/t23-,24?/m0/s1. The highest BCUT2D eigenvalue weighted by molar-refractivity contribution is 5.98. The maximum atomic E-state index is 13.3. The first-order valence-corrected chi connectivity index (χ1v) is 13.3. The molecule has 0 radical (unpaired) electrons. The van der Waals surface area contributed by atoms with E-state index in [2.05, 4.69) is 15.6 Å². The zero-order chi connectivity index (χ0) is 28.2. The summed E-state index contributed by atoms with van der Waals surface area (Å²) >= 11 is 0. The Morgan fingerprint density at radius 2 is 1.57 bits per heavy atom. The average molecular weight is 544 g/mol. The van der Waals surface area contributed by atoms with Crippen LogP contribution in [0.5, 0.6) is 17.2 Å². The van der Waals surface area contributed by atoms with Crippen molar-refractivity contribution in [1.29, 1.82) is 0 Å². The predicted molar refractivity (Wildman–Crippen MR) is 152 cm³/mol. The van der Waals surface area contributed by atoms with Crippen molar-refractivity contribution in [2.24, 2.45) is 0 Å². The zero-order valence-corrected chi connectivity index (χ0v) is 23.1. The van der Waals surface area contributed by atoms with Crippen LogP contribution in [0.1, 0.15) is 43.0 Å². The molecule has 9 nitrogen and oxygen atoms in total. The molecule has 2 aromatic carbocycles. The molecular weight excluding hydrogens is 510 g/mol. The highest BCUT2D eigenvalue weighted by atomic mass is 16.5. The summed E-state index contributed by atoms with van der Waals surface area (Å²) in [5.74, 6) is 1.86. The van der Waals surface area contributed by atoms with E-state index in [0.29, 0.717) is 39.7 Å². The molecule has 0 spiro atoms. The van der Waals surface area contributed by atoms with Crippen molar-refractivity contribution in [3.05, 3.63) is 60.3 Å². The van der Waals surface area contributed by atoms with Crippen LogP contribution in [0.2, 0.25) is 0 Å². The third-order valence-corrected chi connectivity index (χ3v) is 7.27. The molecule has 5 rings (SSSR count). The minimum atomic E-state index is -0.174. The van der Waals surface area contributed by atoms with Crippen LogP contribution in [0.3, 0.4) is 0 Å². The number of nitrogens with zero attached hydrogens (tertiary/aromatic N) is 1. The van der Waals surface area contributed by atoms with Crippen molar-refractivity contribution < 1.29 is 28.2 Å². The van der Waals surface area contributed by atoms with E-state index in [1.54, 1.807) is 33.6 Å². The number of carbonyl (C=O) groups is 2. The predicted octanol–water partition coefficient (Wildman–Crippen LogP) is 5.36. The molecule has 1 unspecified atom stereocenters. The first kappa shape index (κ1) is 27.1. The Hall–Kier alpha value is -4.53. The number of hydrogen-bond donors (Lipinski definition) is 2. The maximum Gasteiger partial charge on any atom is 0.251 e. The first-order valence-electron chi connectivity index (χ1n) is 13.3. The van der Waals surface area contributed by atoms with Crippen molar-refractivity contribution in [3.8, 4) is 39.7 Å². The van der Waals surface area contributed by atoms with Crippen LogP contribution in [0, 0.1) is 0 Å². The summed E-state index contributed by atoms with van der Waals surface area (Å²) in [6, 6.07) is 14.6. The monoisotopic (exact) mass is 543 g/mol. The molecule has 1 fully saturated rings. The molecule has 9 heteroatoms. The van der Waals surface area contributed by atoms with E-state index in [1.165, 1.54) is 6.92 Å². The van der Waals surface area contributed by atoms with Gasteiger partial charge in [0.25, 0.3) is 5.91 Å². The molecule has 2 heterocycles. The molecule has 0 aliphatic heterocycles. The lowest BCUT2D eigenvalue weighted by Crippen LogP contribution is -2.52. The Labute approximate surface area is 232 Å². The summed E-state index contributed by atoms with van der Waals surface area (Å²) < 4.78 is 22.8. The average Bonchev–Trinajstić information content (AvgIpc) is 3.42. The van der Waals surface area contributed by atoms with Crippen molar-refractivity contribution in [3.63, 3.8) is 0 Å². The van der Waals surface area contributed by atoms with Gasteiger partial charge in [0.1, 0.15) is 11.3 Å². The normalized spacial score (nSPS) is 16.8. The molecular formula is C31H33N3O6. The van der Waals surface area contributed by atoms with Gasteiger partial charge >= 0.3 is 0 Å². The largest absolute Gasteiger partial charge is 0.493 e. The van der Waals surface area contributed by atoms with Gasteiger partial charge < -0.3 is 29.3 Å². The van der Waals surface area contributed by atoms with Gasteiger partial charge in [0.2, 0.25) is 11.7 Å². The number of furan rings is 1. The van der Waals surface area contributed by atoms with Crippen molar-refractivity contribution >= 4 is 22.9 Å². The minimum Gasteiger partial charge on any atom is -0.493 e. The molecule has 208 valence electrons. The molecule has 2 atom stereocenters. The van der Waals surface area contributed by atoms with E-state index < -0.39 is 0 Å². The van der Waals surface area contributed by atoms with Crippen molar-refractivity contribution in [2.45, 2.75) is 44.7 Å². The highest BCUT2D eigenvalue weighted by Gasteiger charge is 2.27. The lowest BCUT2D eigenvalue weighted by Gasteiger charge is -2.32. The van der Waals surface area contributed by atoms with Crippen LogP contribution >= 0.6 is 0 Å². The van der Waals surface area contributed by atoms with Crippen LogP contribution in [0.25, 0.3) is 33.6 Å². The van der Waals surface area contributed by atoms with E-state index in [9.17, 15) is 9.59 Å². The van der Waals surface area contributed by atoms with Crippen molar-refractivity contribution in [1.82, 2.24) is 15.6 Å². The Morgan fingerprint density at radius 3 is 2.23 bits per heavy atom. The van der Waals surface area contributed by atoms with Crippen LogP contribution in [0.15, 0.2) is 59.1 Å². The number of carbonyl (C=O) groups excluding carboxylic acids is 2. The smallest absolute Gasteiger partial charge is 0.251 e. The number of methoxy groups -OCH3 is 3. The van der Waals surface area contributed by atoms with E-state index in [1.807, 2.05) is 42.5 Å². The van der Waals surface area contributed by atoms with Gasteiger partial charge in [0.05, 0.1) is 21.3 Å². The second-order valence-electron chi connectivity index (χ2n) is 9.85. The third-order valence-electron chi connectivity index (χ3n) is 7.27. The maximum absolute atomic E-state index is 13.3. The lowest BCUT2D eigenvalue weighted by molar-refractivity contribution is -0.120. The van der Waals surface area contributed by atoms with Gasteiger partial charge in [0.15, 0.2) is 17.1 Å². The van der Waals surface area contributed by atoms with Crippen molar-refractivity contribution in [2.75, 3.05) is 21.3 Å². The quantitative estimate of drug-likeness (QED) is 0.308. The summed E-state index contributed by atoms with van der Waals surface area (Å²) in [7, 11) is 4.69. The molecule has 0 saturated heterocycles. The molecule has 2 amide bonds. The summed E-state index contributed by atoms with van der Waals surface area (Å²) in [4.78, 5) is 29.4. The van der Waals surface area contributed by atoms with E-state index in [-0.39, 0.29) is 23.9 Å². The fourth-order valence-electron chi connectivity index (χ4n) is 5.35. The number of ether oxygens (including phenoxy) is 3. The van der Waals surface area contributed by atoms with E-state index in [4.69, 9.17) is 18.6 Å². The van der Waals surface area contributed by atoms with Gasteiger partial charge in [-0.1, -0.05) is 25.0 Å². The summed E-state index contributed by atoms with van der Waals surface area (Å²) in [5, 5.41) is 6.13. The van der Waals surface area contributed by atoms with E-state index in [0.717, 1.165) is 42.4 Å². The number of nitrogens with one attached hydrogen (secondary N) is 2. The van der Waals surface area contributed by atoms with Crippen LogP contribution in [0.4, 0.5) is 0 Å². The highest BCUT2D eigenvalue weighted by Crippen LogP contribution is 2.43. The Bertz CT molecular complexity index is 1520. The van der Waals surface area contributed by atoms with Crippen LogP contribution < -0.4 is 24.8 Å². The molecule has 2 aromatic heterocycles. The molecule has 2 N–H and O–H groups in total. The second kappa shape index (κ2) is 11.7. The number of fused-ring (bicyclic) bond motifs is 1. The van der Waals surface area contributed by atoms with Gasteiger partial charge in [-0.2, -0.15) is 0 Å². The number of benzene rings is 2. The molecule has 1 aliphatic carbocycles. The number of pyridine rings is 1. The SMILES string of the molecule is COc1cc(-c2cc3nccc(-c4cccc(C(=O)NC5CCCC[C@@H]5NC(C)=O)c4)c3o2)cc(OC)c1OC. The number of amides is 2. The molecule has 1 aliphatic rings. The fraction of sp³-hybridized carbons (Fsp3) is 0.323. The van der Waals surface area contributed by atoms with Gasteiger partial charge in [-0.25, -0.2) is 0 Å². The van der Waals surface area contributed by atoms with E-state index >= 15 is 0 Å². The zero-order valence-electron chi connectivity index (χ0n) is 23.1. The molecule has 4 aromatic rings. The van der Waals surface area contributed by atoms with Gasteiger partial charge in [-0.05, 0) is 48.7 Å². The lowest BCUT2D eigenvalue weighted by atomic mass is 9.90. The first-order chi connectivity index (χ1) is 19.4. The van der Waals surface area contributed by atoms with Gasteiger partial charge in [-0.3, -0.25) is 14.6 Å². The number of hydrogen-bond acceptors (Lipinski definition) is 7. The minimum absolute atomic E-state index is 0.0602. The Kier molecular flexibility index (Phi) is 7.91. The van der Waals surface area contributed by atoms with Crippen LogP contribution in [-0.4, -0.2) is 50.2 Å². The topological polar surface area (TPSA) is 112 Å². The van der Waals surface area contributed by atoms with Gasteiger partial charge in [-0.15, -0.1) is 0 Å². The van der Waals surface area contributed by atoms with Crippen LogP contribution in [-0.2, 0) is 4.79 Å². The Morgan fingerprint density at radius 1 is 0.875 bits per heavy atom.